The SMILES string of the molecule is CC(C)(C)OC(=O)N1CCC(c2ccc(Nc3ncc(C(F)(F)F)c(CCc4ccccc4)n3)cc2)CC1. The van der Waals surface area contributed by atoms with Gasteiger partial charge in [-0.3, -0.25) is 0 Å². The number of carbonyl (C=O) groups is 1. The van der Waals surface area contributed by atoms with Gasteiger partial charge in [-0.15, -0.1) is 0 Å². The Hall–Kier alpha value is -3.62. The van der Waals surface area contributed by atoms with Crippen molar-refractivity contribution in [1.82, 2.24) is 14.9 Å². The van der Waals surface area contributed by atoms with Gasteiger partial charge < -0.3 is 15.0 Å². The van der Waals surface area contributed by atoms with Crippen LogP contribution in [-0.2, 0) is 23.8 Å². The number of ether oxygens (including phenoxy) is 1. The van der Waals surface area contributed by atoms with E-state index in [0.717, 1.165) is 30.2 Å². The van der Waals surface area contributed by atoms with Crippen molar-refractivity contribution in [1.29, 1.82) is 0 Å². The zero-order valence-electron chi connectivity index (χ0n) is 21.9. The molecule has 0 spiro atoms. The number of amides is 1. The maximum atomic E-state index is 13.6. The molecule has 1 fully saturated rings. The summed E-state index contributed by atoms with van der Waals surface area (Å²) < 4.78 is 46.2. The van der Waals surface area contributed by atoms with Crippen molar-refractivity contribution in [3.05, 3.63) is 83.2 Å². The third-order valence-electron chi connectivity index (χ3n) is 6.45. The molecule has 0 radical (unpaired) electrons. The average molecular weight is 527 g/mol. The van der Waals surface area contributed by atoms with Gasteiger partial charge in [-0.2, -0.15) is 13.2 Å². The van der Waals surface area contributed by atoms with E-state index in [-0.39, 0.29) is 24.2 Å². The first-order valence-corrected chi connectivity index (χ1v) is 12.8. The maximum Gasteiger partial charge on any atom is 0.419 e. The molecule has 0 bridgehead atoms. The Morgan fingerprint density at radius 1 is 1.00 bits per heavy atom. The van der Waals surface area contributed by atoms with Crippen LogP contribution >= 0.6 is 0 Å². The number of hydrogen-bond donors (Lipinski definition) is 1. The van der Waals surface area contributed by atoms with E-state index in [0.29, 0.717) is 31.1 Å². The molecule has 2 aromatic carbocycles. The molecular weight excluding hydrogens is 493 g/mol. The highest BCUT2D eigenvalue weighted by Crippen LogP contribution is 2.33. The van der Waals surface area contributed by atoms with Gasteiger partial charge in [0, 0.05) is 25.0 Å². The van der Waals surface area contributed by atoms with E-state index in [2.05, 4.69) is 15.3 Å². The first-order valence-electron chi connectivity index (χ1n) is 12.8. The smallest absolute Gasteiger partial charge is 0.419 e. The minimum Gasteiger partial charge on any atom is -0.444 e. The molecule has 1 aromatic heterocycles. The molecule has 2 heterocycles. The van der Waals surface area contributed by atoms with Crippen molar-refractivity contribution in [3.8, 4) is 0 Å². The number of alkyl halides is 3. The summed E-state index contributed by atoms with van der Waals surface area (Å²) in [5, 5.41) is 3.04. The van der Waals surface area contributed by atoms with Crippen molar-refractivity contribution in [3.63, 3.8) is 0 Å². The number of nitrogens with one attached hydrogen (secondary N) is 1. The summed E-state index contributed by atoms with van der Waals surface area (Å²) >= 11 is 0. The van der Waals surface area contributed by atoms with Crippen LogP contribution in [0.15, 0.2) is 60.8 Å². The number of aromatic nitrogens is 2. The van der Waals surface area contributed by atoms with Crippen LogP contribution in [0.25, 0.3) is 0 Å². The first-order chi connectivity index (χ1) is 18.0. The highest BCUT2D eigenvalue weighted by molar-refractivity contribution is 5.68. The molecule has 9 heteroatoms. The summed E-state index contributed by atoms with van der Waals surface area (Å²) in [7, 11) is 0. The van der Waals surface area contributed by atoms with E-state index in [1.165, 1.54) is 0 Å². The number of benzene rings is 2. The fourth-order valence-electron chi connectivity index (χ4n) is 4.50. The van der Waals surface area contributed by atoms with Gasteiger partial charge >= 0.3 is 12.3 Å². The van der Waals surface area contributed by atoms with Crippen molar-refractivity contribution >= 4 is 17.7 Å². The van der Waals surface area contributed by atoms with E-state index in [1.807, 2.05) is 75.4 Å². The first kappa shape index (κ1) is 27.4. The van der Waals surface area contributed by atoms with Crippen molar-refractivity contribution in [2.45, 2.75) is 64.1 Å². The highest BCUT2D eigenvalue weighted by atomic mass is 19.4. The van der Waals surface area contributed by atoms with Gasteiger partial charge in [0.05, 0.1) is 11.3 Å². The lowest BCUT2D eigenvalue weighted by molar-refractivity contribution is -0.138. The van der Waals surface area contributed by atoms with Crippen LogP contribution in [0, 0.1) is 0 Å². The molecule has 38 heavy (non-hydrogen) atoms. The summed E-state index contributed by atoms with van der Waals surface area (Å²) in [5.74, 6) is 0.439. The lowest BCUT2D eigenvalue weighted by Crippen LogP contribution is -2.41. The lowest BCUT2D eigenvalue weighted by atomic mass is 9.89. The van der Waals surface area contributed by atoms with Gasteiger partial charge in [0.15, 0.2) is 0 Å². The minimum absolute atomic E-state index is 0.0350. The third kappa shape index (κ3) is 7.46. The molecule has 3 aromatic rings. The largest absolute Gasteiger partial charge is 0.444 e. The monoisotopic (exact) mass is 526 g/mol. The van der Waals surface area contributed by atoms with Crippen LogP contribution in [0.2, 0.25) is 0 Å². The number of likely N-dealkylation sites (tertiary alicyclic amines) is 1. The maximum absolute atomic E-state index is 13.6. The third-order valence-corrected chi connectivity index (χ3v) is 6.45. The molecule has 0 atom stereocenters. The van der Waals surface area contributed by atoms with Gasteiger partial charge in [-0.1, -0.05) is 42.5 Å². The Labute approximate surface area is 221 Å². The zero-order valence-corrected chi connectivity index (χ0v) is 21.9. The Kier molecular flexibility index (Phi) is 8.23. The van der Waals surface area contributed by atoms with Crippen LogP contribution < -0.4 is 5.32 Å². The number of anilines is 2. The quantitative estimate of drug-likeness (QED) is 0.370. The van der Waals surface area contributed by atoms with Crippen LogP contribution in [0.5, 0.6) is 0 Å². The van der Waals surface area contributed by atoms with E-state index >= 15 is 0 Å². The van der Waals surface area contributed by atoms with Crippen LogP contribution in [0.4, 0.5) is 29.6 Å². The summed E-state index contributed by atoms with van der Waals surface area (Å²) in [4.78, 5) is 22.2. The standard InChI is InChI=1S/C29H33F3N4O2/c1-28(2,3)38-27(37)36-17-15-22(16-18-36)21-10-12-23(13-11-21)34-26-33-19-24(29(30,31)32)25(35-26)14-9-20-7-5-4-6-8-20/h4-8,10-13,19,22H,9,14-18H2,1-3H3,(H,33,34,35). The molecule has 1 aliphatic heterocycles. The van der Waals surface area contributed by atoms with Crippen LogP contribution in [0.1, 0.15) is 61.9 Å². The molecule has 6 nitrogen and oxygen atoms in total. The Balaban J connectivity index is 1.39. The second-order valence-corrected chi connectivity index (χ2v) is 10.5. The molecule has 1 amide bonds. The highest BCUT2D eigenvalue weighted by Gasteiger charge is 2.35. The molecule has 0 saturated carbocycles. The van der Waals surface area contributed by atoms with Crippen molar-refractivity contribution in [2.75, 3.05) is 18.4 Å². The molecule has 202 valence electrons. The minimum atomic E-state index is -4.52. The van der Waals surface area contributed by atoms with Crippen molar-refractivity contribution in [2.24, 2.45) is 0 Å². The van der Waals surface area contributed by atoms with Gasteiger partial charge in [0.2, 0.25) is 5.95 Å². The molecule has 1 aliphatic rings. The van der Waals surface area contributed by atoms with Gasteiger partial charge in [0.25, 0.3) is 0 Å². The number of aryl methyl sites for hydroxylation is 2. The van der Waals surface area contributed by atoms with E-state index in [4.69, 9.17) is 4.74 Å². The van der Waals surface area contributed by atoms with E-state index < -0.39 is 17.3 Å². The van der Waals surface area contributed by atoms with Gasteiger partial charge in [-0.25, -0.2) is 14.8 Å². The van der Waals surface area contributed by atoms with Gasteiger partial charge in [-0.05, 0) is 75.6 Å². The number of hydrogen-bond acceptors (Lipinski definition) is 5. The predicted octanol–water partition coefficient (Wildman–Crippen LogP) is 7.14. The Morgan fingerprint density at radius 2 is 1.66 bits per heavy atom. The Bertz CT molecular complexity index is 1220. The average Bonchev–Trinajstić information content (AvgIpc) is 2.87. The summed E-state index contributed by atoms with van der Waals surface area (Å²) in [6.45, 7) is 6.83. The molecule has 1 saturated heterocycles. The normalized spacial score (nSPS) is 14.8. The second kappa shape index (κ2) is 11.4. The van der Waals surface area contributed by atoms with Gasteiger partial charge in [0.1, 0.15) is 5.60 Å². The van der Waals surface area contributed by atoms with Crippen molar-refractivity contribution < 1.29 is 22.7 Å². The zero-order chi connectivity index (χ0) is 27.3. The number of halogens is 3. The van der Waals surface area contributed by atoms with E-state index in [9.17, 15) is 18.0 Å². The summed E-state index contributed by atoms with van der Waals surface area (Å²) in [6.07, 6.45) is -1.69. The Morgan fingerprint density at radius 3 is 2.26 bits per heavy atom. The molecular formula is C29H33F3N4O2. The fourth-order valence-corrected chi connectivity index (χ4v) is 4.50. The number of nitrogens with zero attached hydrogens (tertiary/aromatic N) is 3. The molecule has 0 unspecified atom stereocenters. The summed E-state index contributed by atoms with van der Waals surface area (Å²) in [6, 6.07) is 17.1. The topological polar surface area (TPSA) is 67.3 Å². The fraction of sp³-hybridized carbons (Fsp3) is 0.414. The second-order valence-electron chi connectivity index (χ2n) is 10.5. The molecule has 4 rings (SSSR count). The number of rotatable bonds is 6. The number of piperidine rings is 1. The predicted molar refractivity (Wildman–Crippen MR) is 140 cm³/mol. The van der Waals surface area contributed by atoms with Crippen LogP contribution in [0.3, 0.4) is 0 Å². The van der Waals surface area contributed by atoms with E-state index in [1.54, 1.807) is 4.90 Å². The lowest BCUT2D eigenvalue weighted by Gasteiger charge is -2.33. The molecule has 0 aliphatic carbocycles. The van der Waals surface area contributed by atoms with Crippen LogP contribution in [-0.4, -0.2) is 39.7 Å². The summed E-state index contributed by atoms with van der Waals surface area (Å²) in [5.41, 5.74) is 1.42. The number of carbonyl (C=O) groups excluding carboxylic acids is 1. The molecule has 1 N–H and O–H groups in total.